The zero-order valence-corrected chi connectivity index (χ0v) is 16.3. The fraction of sp³-hybridized carbons (Fsp3) is 0.208. The Labute approximate surface area is 171 Å². The van der Waals surface area contributed by atoms with Crippen molar-refractivity contribution in [1.29, 1.82) is 0 Å². The first-order valence-corrected chi connectivity index (χ1v) is 9.90. The largest absolute Gasteiger partial charge is 0.506 e. The van der Waals surface area contributed by atoms with Crippen LogP contribution in [0.4, 0.5) is 11.4 Å². The van der Waals surface area contributed by atoms with E-state index in [1.165, 1.54) is 0 Å². The van der Waals surface area contributed by atoms with Crippen LogP contribution in [0.15, 0.2) is 78.9 Å². The standard InChI is InChI=1S/C24H25N3O2/c28-23-13-7-6-12-22(23)27-16-14-26(15-17-27)18-24(29)25-21-11-5-4-10-20(21)19-8-2-1-3-9-19/h1-13,28H,14-18H2,(H,25,29). The van der Waals surface area contributed by atoms with E-state index < -0.39 is 0 Å². The molecule has 0 aromatic heterocycles. The van der Waals surface area contributed by atoms with Crippen LogP contribution in [-0.4, -0.2) is 48.6 Å². The first kappa shape index (κ1) is 19.0. The molecule has 0 spiro atoms. The highest BCUT2D eigenvalue weighted by Gasteiger charge is 2.21. The van der Waals surface area contributed by atoms with Gasteiger partial charge in [-0.3, -0.25) is 9.69 Å². The number of hydrogen-bond donors (Lipinski definition) is 2. The summed E-state index contributed by atoms with van der Waals surface area (Å²) in [4.78, 5) is 17.0. The molecule has 0 aliphatic carbocycles. The highest BCUT2D eigenvalue weighted by atomic mass is 16.3. The third kappa shape index (κ3) is 4.58. The molecule has 3 aromatic carbocycles. The lowest BCUT2D eigenvalue weighted by Gasteiger charge is -2.35. The number of nitrogens with zero attached hydrogens (tertiary/aromatic N) is 2. The van der Waals surface area contributed by atoms with E-state index in [2.05, 4.69) is 15.1 Å². The molecule has 1 heterocycles. The lowest BCUT2D eigenvalue weighted by Crippen LogP contribution is -2.48. The summed E-state index contributed by atoms with van der Waals surface area (Å²) in [5.74, 6) is 0.292. The van der Waals surface area contributed by atoms with Crippen LogP contribution >= 0.6 is 0 Å². The van der Waals surface area contributed by atoms with Crippen molar-refractivity contribution in [1.82, 2.24) is 4.90 Å². The predicted molar refractivity (Wildman–Crippen MR) is 117 cm³/mol. The minimum atomic E-state index is -0.00982. The average molecular weight is 387 g/mol. The number of para-hydroxylation sites is 3. The van der Waals surface area contributed by atoms with Gasteiger partial charge in [-0.05, 0) is 23.8 Å². The fourth-order valence-corrected chi connectivity index (χ4v) is 3.73. The summed E-state index contributed by atoms with van der Waals surface area (Å²) in [6, 6.07) is 25.3. The lowest BCUT2D eigenvalue weighted by atomic mass is 10.0. The van der Waals surface area contributed by atoms with Gasteiger partial charge >= 0.3 is 0 Å². The Morgan fingerprint density at radius 1 is 0.828 bits per heavy atom. The number of carbonyl (C=O) groups is 1. The van der Waals surface area contributed by atoms with Crippen molar-refractivity contribution in [3.8, 4) is 16.9 Å². The SMILES string of the molecule is O=C(CN1CCN(c2ccccc2O)CC1)Nc1ccccc1-c1ccccc1. The van der Waals surface area contributed by atoms with E-state index in [-0.39, 0.29) is 5.91 Å². The topological polar surface area (TPSA) is 55.8 Å². The van der Waals surface area contributed by atoms with Gasteiger partial charge in [-0.15, -0.1) is 0 Å². The van der Waals surface area contributed by atoms with E-state index in [0.717, 1.165) is 48.7 Å². The van der Waals surface area contributed by atoms with Gasteiger partial charge < -0.3 is 15.3 Å². The molecule has 29 heavy (non-hydrogen) atoms. The molecule has 0 saturated carbocycles. The van der Waals surface area contributed by atoms with Crippen LogP contribution in [-0.2, 0) is 4.79 Å². The van der Waals surface area contributed by atoms with Gasteiger partial charge in [-0.1, -0.05) is 60.7 Å². The second kappa shape index (κ2) is 8.80. The monoisotopic (exact) mass is 387 g/mol. The zero-order chi connectivity index (χ0) is 20.1. The van der Waals surface area contributed by atoms with Crippen molar-refractivity contribution in [2.24, 2.45) is 0 Å². The molecular formula is C24H25N3O2. The number of nitrogens with one attached hydrogen (secondary N) is 1. The quantitative estimate of drug-likeness (QED) is 0.699. The van der Waals surface area contributed by atoms with E-state index in [9.17, 15) is 9.90 Å². The van der Waals surface area contributed by atoms with Crippen LogP contribution in [0.25, 0.3) is 11.1 Å². The van der Waals surface area contributed by atoms with Crippen molar-refractivity contribution in [2.45, 2.75) is 0 Å². The molecule has 1 aliphatic rings. The summed E-state index contributed by atoms with van der Waals surface area (Å²) in [6.07, 6.45) is 0. The van der Waals surface area contributed by atoms with Crippen LogP contribution in [0.3, 0.4) is 0 Å². The number of hydrogen-bond acceptors (Lipinski definition) is 4. The molecule has 5 heteroatoms. The Hall–Kier alpha value is -3.31. The lowest BCUT2D eigenvalue weighted by molar-refractivity contribution is -0.117. The van der Waals surface area contributed by atoms with Gasteiger partial charge in [0.25, 0.3) is 0 Å². The van der Waals surface area contributed by atoms with E-state index >= 15 is 0 Å². The number of amides is 1. The van der Waals surface area contributed by atoms with Crippen molar-refractivity contribution in [3.05, 3.63) is 78.9 Å². The van der Waals surface area contributed by atoms with Crippen LogP contribution in [0.2, 0.25) is 0 Å². The Morgan fingerprint density at radius 2 is 1.48 bits per heavy atom. The molecule has 1 amide bonds. The Bertz CT molecular complexity index is 967. The summed E-state index contributed by atoms with van der Waals surface area (Å²) in [6.45, 7) is 3.48. The van der Waals surface area contributed by atoms with E-state index in [0.29, 0.717) is 12.3 Å². The number of benzene rings is 3. The number of piperazine rings is 1. The minimum absolute atomic E-state index is 0.00982. The highest BCUT2D eigenvalue weighted by Crippen LogP contribution is 2.28. The molecule has 148 valence electrons. The number of aromatic hydroxyl groups is 1. The summed E-state index contributed by atoms with van der Waals surface area (Å²) >= 11 is 0. The smallest absolute Gasteiger partial charge is 0.238 e. The van der Waals surface area contributed by atoms with Crippen LogP contribution in [0.5, 0.6) is 5.75 Å². The first-order valence-electron chi connectivity index (χ1n) is 9.90. The third-order valence-corrected chi connectivity index (χ3v) is 5.25. The van der Waals surface area contributed by atoms with E-state index in [1.54, 1.807) is 6.07 Å². The molecule has 5 nitrogen and oxygen atoms in total. The molecule has 1 fully saturated rings. The van der Waals surface area contributed by atoms with Gasteiger partial charge in [-0.25, -0.2) is 0 Å². The van der Waals surface area contributed by atoms with Gasteiger partial charge in [-0.2, -0.15) is 0 Å². The predicted octanol–water partition coefficient (Wildman–Crippen LogP) is 3.82. The highest BCUT2D eigenvalue weighted by molar-refractivity contribution is 5.96. The van der Waals surface area contributed by atoms with Gasteiger partial charge in [0.15, 0.2) is 0 Å². The molecule has 4 rings (SSSR count). The number of anilines is 2. The van der Waals surface area contributed by atoms with Crippen LogP contribution < -0.4 is 10.2 Å². The van der Waals surface area contributed by atoms with Crippen molar-refractivity contribution < 1.29 is 9.90 Å². The molecule has 0 unspecified atom stereocenters. The number of phenolic OH excluding ortho intramolecular Hbond substituents is 1. The Kier molecular flexibility index (Phi) is 5.77. The molecule has 0 bridgehead atoms. The van der Waals surface area contributed by atoms with Gasteiger partial charge in [0, 0.05) is 37.4 Å². The molecule has 3 aromatic rings. The number of carbonyl (C=O) groups excluding carboxylic acids is 1. The van der Waals surface area contributed by atoms with Crippen molar-refractivity contribution >= 4 is 17.3 Å². The van der Waals surface area contributed by atoms with Crippen LogP contribution in [0, 0.1) is 0 Å². The van der Waals surface area contributed by atoms with Crippen LogP contribution in [0.1, 0.15) is 0 Å². The second-order valence-corrected chi connectivity index (χ2v) is 7.21. The molecule has 2 N–H and O–H groups in total. The maximum Gasteiger partial charge on any atom is 0.238 e. The molecular weight excluding hydrogens is 362 g/mol. The van der Waals surface area contributed by atoms with Crippen molar-refractivity contribution in [3.63, 3.8) is 0 Å². The maximum absolute atomic E-state index is 12.7. The van der Waals surface area contributed by atoms with E-state index in [1.807, 2.05) is 72.8 Å². The summed E-state index contributed by atoms with van der Waals surface area (Å²) < 4.78 is 0. The first-order chi connectivity index (χ1) is 14.2. The zero-order valence-electron chi connectivity index (χ0n) is 16.3. The number of phenols is 1. The molecule has 0 atom stereocenters. The minimum Gasteiger partial charge on any atom is -0.506 e. The summed E-state index contributed by atoms with van der Waals surface area (Å²) in [5.41, 5.74) is 3.79. The molecule has 1 aliphatic heterocycles. The average Bonchev–Trinajstić information content (AvgIpc) is 2.76. The number of rotatable bonds is 5. The summed E-state index contributed by atoms with van der Waals surface area (Å²) in [5, 5.41) is 13.1. The van der Waals surface area contributed by atoms with Gasteiger partial charge in [0.05, 0.1) is 12.2 Å². The second-order valence-electron chi connectivity index (χ2n) is 7.21. The normalized spacial score (nSPS) is 14.6. The van der Waals surface area contributed by atoms with Gasteiger partial charge in [0.2, 0.25) is 5.91 Å². The maximum atomic E-state index is 12.7. The Balaban J connectivity index is 1.35. The van der Waals surface area contributed by atoms with Gasteiger partial charge in [0.1, 0.15) is 5.75 Å². The molecule has 1 saturated heterocycles. The van der Waals surface area contributed by atoms with E-state index in [4.69, 9.17) is 0 Å². The summed E-state index contributed by atoms with van der Waals surface area (Å²) in [7, 11) is 0. The van der Waals surface area contributed by atoms with Crippen molar-refractivity contribution in [2.75, 3.05) is 42.9 Å². The third-order valence-electron chi connectivity index (χ3n) is 5.25. The fourth-order valence-electron chi connectivity index (χ4n) is 3.73. The Morgan fingerprint density at radius 3 is 2.24 bits per heavy atom. The molecule has 0 radical (unpaired) electrons.